The molecule has 0 saturated heterocycles. The van der Waals surface area contributed by atoms with Crippen molar-refractivity contribution in [2.75, 3.05) is 0 Å². The third kappa shape index (κ3) is 3.02. The van der Waals surface area contributed by atoms with Crippen LogP contribution in [0, 0.1) is 5.92 Å². The summed E-state index contributed by atoms with van der Waals surface area (Å²) < 4.78 is 0. The number of carbonyl (C=O) groups excluding carboxylic acids is 1. The second-order valence-electron chi connectivity index (χ2n) is 4.19. The number of rotatable bonds is 5. The monoisotopic (exact) mass is 193 g/mol. The smallest absolute Gasteiger partial charge is 0.178 e. The Morgan fingerprint density at radius 3 is 2.79 bits per heavy atom. The molecule has 1 heterocycles. The molecule has 1 aromatic rings. The summed E-state index contributed by atoms with van der Waals surface area (Å²) in [7, 11) is 0. The molecule has 0 atom stereocenters. The van der Waals surface area contributed by atoms with E-state index in [1.54, 1.807) is 0 Å². The van der Waals surface area contributed by atoms with Crippen LogP contribution in [0.15, 0.2) is 12.3 Å². The van der Waals surface area contributed by atoms with E-state index in [1.807, 2.05) is 19.2 Å². The second-order valence-corrected chi connectivity index (χ2v) is 4.19. The number of Topliss-reactive ketones (excluding diaryl/α,β-unsaturated/α-hetero) is 1. The number of ketones is 1. The summed E-state index contributed by atoms with van der Waals surface area (Å²) in [5.74, 6) is 0.863. The van der Waals surface area contributed by atoms with Crippen molar-refractivity contribution in [3.8, 4) is 0 Å². The van der Waals surface area contributed by atoms with Gasteiger partial charge < -0.3 is 4.98 Å². The lowest BCUT2D eigenvalue weighted by Crippen LogP contribution is -1.97. The van der Waals surface area contributed by atoms with Crippen LogP contribution >= 0.6 is 0 Å². The van der Waals surface area contributed by atoms with E-state index in [4.69, 9.17) is 0 Å². The molecule has 14 heavy (non-hydrogen) atoms. The highest BCUT2D eigenvalue weighted by Gasteiger charge is 2.07. The Morgan fingerprint density at radius 1 is 1.50 bits per heavy atom. The van der Waals surface area contributed by atoms with Gasteiger partial charge in [0.1, 0.15) is 0 Å². The zero-order valence-corrected chi connectivity index (χ0v) is 9.26. The van der Waals surface area contributed by atoms with Gasteiger partial charge in [0.25, 0.3) is 0 Å². The molecule has 1 aromatic heterocycles. The Kier molecular flexibility index (Phi) is 3.93. The molecule has 0 aliphatic carbocycles. The van der Waals surface area contributed by atoms with Crippen molar-refractivity contribution in [2.24, 2.45) is 5.92 Å². The molecule has 0 saturated carbocycles. The van der Waals surface area contributed by atoms with Crippen molar-refractivity contribution in [2.45, 2.75) is 40.0 Å². The van der Waals surface area contributed by atoms with Crippen LogP contribution in [0.2, 0.25) is 0 Å². The van der Waals surface area contributed by atoms with Gasteiger partial charge in [-0.1, -0.05) is 20.8 Å². The van der Waals surface area contributed by atoms with Crippen molar-refractivity contribution in [3.63, 3.8) is 0 Å². The maximum Gasteiger partial charge on any atom is 0.178 e. The molecule has 0 aliphatic heterocycles. The van der Waals surface area contributed by atoms with Gasteiger partial charge in [0.05, 0.1) is 5.69 Å². The third-order valence-corrected chi connectivity index (χ3v) is 2.16. The number of H-pyrrole nitrogens is 1. The number of aromatic amines is 1. The molecular weight excluding hydrogens is 174 g/mol. The molecule has 0 aliphatic rings. The normalized spacial score (nSPS) is 10.9. The van der Waals surface area contributed by atoms with Crippen molar-refractivity contribution in [1.29, 1.82) is 0 Å². The van der Waals surface area contributed by atoms with E-state index < -0.39 is 0 Å². The van der Waals surface area contributed by atoms with Crippen molar-refractivity contribution in [1.82, 2.24) is 4.98 Å². The maximum absolute atomic E-state index is 11.5. The fraction of sp³-hybridized carbons (Fsp3) is 0.583. The average Bonchev–Trinajstić information content (AvgIpc) is 2.52. The van der Waals surface area contributed by atoms with Gasteiger partial charge in [0.15, 0.2) is 5.78 Å². The van der Waals surface area contributed by atoms with Crippen molar-refractivity contribution in [3.05, 3.63) is 23.5 Å². The summed E-state index contributed by atoms with van der Waals surface area (Å²) in [6.07, 6.45) is 4.54. The minimum Gasteiger partial charge on any atom is -0.359 e. The molecule has 0 bridgehead atoms. The van der Waals surface area contributed by atoms with Gasteiger partial charge >= 0.3 is 0 Å². The molecule has 0 spiro atoms. The highest BCUT2D eigenvalue weighted by Crippen LogP contribution is 2.11. The predicted molar refractivity (Wildman–Crippen MR) is 58.6 cm³/mol. The van der Waals surface area contributed by atoms with E-state index in [2.05, 4.69) is 18.8 Å². The van der Waals surface area contributed by atoms with Gasteiger partial charge in [0.2, 0.25) is 0 Å². The first kappa shape index (κ1) is 11.0. The SMILES string of the molecule is CCCC(=O)c1cc(CC(C)C)c[nH]1. The van der Waals surface area contributed by atoms with Crippen LogP contribution in [0.1, 0.15) is 49.7 Å². The molecule has 1 rings (SSSR count). The Morgan fingerprint density at radius 2 is 2.21 bits per heavy atom. The van der Waals surface area contributed by atoms with Gasteiger partial charge in [-0.3, -0.25) is 4.79 Å². The first-order valence-electron chi connectivity index (χ1n) is 5.34. The lowest BCUT2D eigenvalue weighted by Gasteiger charge is -1.99. The molecule has 2 nitrogen and oxygen atoms in total. The van der Waals surface area contributed by atoms with E-state index in [9.17, 15) is 4.79 Å². The van der Waals surface area contributed by atoms with E-state index in [0.717, 1.165) is 18.5 Å². The summed E-state index contributed by atoms with van der Waals surface area (Å²) in [4.78, 5) is 14.6. The summed E-state index contributed by atoms with van der Waals surface area (Å²) in [5.41, 5.74) is 2.00. The van der Waals surface area contributed by atoms with Gasteiger partial charge in [-0.15, -0.1) is 0 Å². The molecule has 1 N–H and O–H groups in total. The lowest BCUT2D eigenvalue weighted by atomic mass is 10.1. The molecule has 0 unspecified atom stereocenters. The van der Waals surface area contributed by atoms with E-state index in [0.29, 0.717) is 12.3 Å². The Bertz CT molecular complexity index is 299. The molecule has 2 heteroatoms. The van der Waals surface area contributed by atoms with E-state index in [-0.39, 0.29) is 5.78 Å². The topological polar surface area (TPSA) is 32.9 Å². The quantitative estimate of drug-likeness (QED) is 0.716. The average molecular weight is 193 g/mol. The minimum absolute atomic E-state index is 0.225. The third-order valence-electron chi connectivity index (χ3n) is 2.16. The fourth-order valence-corrected chi connectivity index (χ4v) is 1.55. The van der Waals surface area contributed by atoms with Crippen molar-refractivity contribution >= 4 is 5.78 Å². The van der Waals surface area contributed by atoms with Gasteiger partial charge in [-0.25, -0.2) is 0 Å². The number of hydrogen-bond acceptors (Lipinski definition) is 1. The summed E-state index contributed by atoms with van der Waals surface area (Å²) in [6, 6.07) is 1.98. The summed E-state index contributed by atoms with van der Waals surface area (Å²) >= 11 is 0. The lowest BCUT2D eigenvalue weighted by molar-refractivity contribution is 0.0977. The Hall–Kier alpha value is -1.05. The maximum atomic E-state index is 11.5. The largest absolute Gasteiger partial charge is 0.359 e. The van der Waals surface area contributed by atoms with Crippen LogP contribution in [0.25, 0.3) is 0 Å². The summed E-state index contributed by atoms with van der Waals surface area (Å²) in [6.45, 7) is 6.39. The molecule has 0 fully saturated rings. The van der Waals surface area contributed by atoms with Crippen LogP contribution < -0.4 is 0 Å². The molecular formula is C12H19NO. The van der Waals surface area contributed by atoms with Crippen LogP contribution in [0.5, 0.6) is 0 Å². The van der Waals surface area contributed by atoms with Crippen LogP contribution in [-0.4, -0.2) is 10.8 Å². The van der Waals surface area contributed by atoms with Gasteiger partial charge in [-0.2, -0.15) is 0 Å². The van der Waals surface area contributed by atoms with Gasteiger partial charge in [-0.05, 0) is 30.4 Å². The van der Waals surface area contributed by atoms with E-state index in [1.165, 1.54) is 5.56 Å². The van der Waals surface area contributed by atoms with Crippen LogP contribution in [0.4, 0.5) is 0 Å². The fourth-order valence-electron chi connectivity index (χ4n) is 1.55. The summed E-state index contributed by atoms with van der Waals surface area (Å²) in [5, 5.41) is 0. The molecule has 0 amide bonds. The second kappa shape index (κ2) is 4.99. The number of aromatic nitrogens is 1. The number of nitrogens with one attached hydrogen (secondary N) is 1. The molecule has 0 radical (unpaired) electrons. The zero-order chi connectivity index (χ0) is 10.6. The highest BCUT2D eigenvalue weighted by molar-refractivity contribution is 5.94. The molecule has 0 aromatic carbocycles. The first-order chi connectivity index (χ1) is 6.63. The standard InChI is InChI=1S/C12H19NO/c1-4-5-12(14)11-7-10(8-13-11)6-9(2)3/h7-9,13H,4-6H2,1-3H3. The van der Waals surface area contributed by atoms with Gasteiger partial charge in [0, 0.05) is 12.6 Å². The zero-order valence-electron chi connectivity index (χ0n) is 9.26. The van der Waals surface area contributed by atoms with Crippen molar-refractivity contribution < 1.29 is 4.79 Å². The van der Waals surface area contributed by atoms with Crippen LogP contribution in [-0.2, 0) is 6.42 Å². The van der Waals surface area contributed by atoms with Crippen LogP contribution in [0.3, 0.4) is 0 Å². The number of hydrogen-bond donors (Lipinski definition) is 1. The number of carbonyl (C=O) groups is 1. The first-order valence-corrected chi connectivity index (χ1v) is 5.34. The minimum atomic E-state index is 0.225. The van der Waals surface area contributed by atoms with E-state index >= 15 is 0 Å². The molecule has 78 valence electrons. The Balaban J connectivity index is 2.63. The highest BCUT2D eigenvalue weighted by atomic mass is 16.1. The Labute approximate surface area is 85.7 Å². The predicted octanol–water partition coefficient (Wildman–Crippen LogP) is 3.20.